The summed E-state index contributed by atoms with van der Waals surface area (Å²) in [6, 6.07) is 0.0803. The molecule has 0 aromatic heterocycles. The molecule has 0 radical (unpaired) electrons. The van der Waals surface area contributed by atoms with Gasteiger partial charge < -0.3 is 9.84 Å². The molecule has 19 heavy (non-hydrogen) atoms. The Bertz CT molecular complexity index is 275. The molecule has 110 valence electrons. The van der Waals surface area contributed by atoms with Crippen LogP contribution < -0.4 is 0 Å². The van der Waals surface area contributed by atoms with Gasteiger partial charge in [-0.05, 0) is 18.8 Å². The van der Waals surface area contributed by atoms with Crippen LogP contribution in [-0.2, 0) is 9.53 Å². The van der Waals surface area contributed by atoms with Crippen LogP contribution in [0, 0.1) is 5.92 Å². The van der Waals surface area contributed by atoms with Crippen molar-refractivity contribution in [2.75, 3.05) is 26.3 Å². The molecule has 1 heterocycles. The van der Waals surface area contributed by atoms with E-state index < -0.39 is 5.97 Å². The number of rotatable bonds is 4. The third-order valence-corrected chi connectivity index (χ3v) is 4.48. The SMILES string of the molecule is O=C(O)CC1COCCN1CC1CCCCCCC1. The number of carboxylic acids is 1. The Balaban J connectivity index is 1.84. The summed E-state index contributed by atoms with van der Waals surface area (Å²) in [5, 5.41) is 8.99. The van der Waals surface area contributed by atoms with E-state index in [2.05, 4.69) is 4.90 Å². The normalized spacial score (nSPS) is 27.7. The maximum atomic E-state index is 10.9. The Kier molecular flexibility index (Phi) is 6.11. The number of carboxylic acid groups (broad SMARTS) is 1. The van der Waals surface area contributed by atoms with Crippen molar-refractivity contribution in [1.82, 2.24) is 4.90 Å². The molecule has 1 aliphatic carbocycles. The first-order valence-electron chi connectivity index (χ1n) is 7.79. The van der Waals surface area contributed by atoms with Crippen LogP contribution in [0.15, 0.2) is 0 Å². The van der Waals surface area contributed by atoms with Crippen LogP contribution in [0.25, 0.3) is 0 Å². The molecular formula is C15H27NO3. The van der Waals surface area contributed by atoms with E-state index in [-0.39, 0.29) is 12.5 Å². The van der Waals surface area contributed by atoms with Gasteiger partial charge in [-0.2, -0.15) is 0 Å². The smallest absolute Gasteiger partial charge is 0.305 e. The van der Waals surface area contributed by atoms with E-state index in [9.17, 15) is 4.79 Å². The van der Waals surface area contributed by atoms with E-state index in [1.807, 2.05) is 0 Å². The summed E-state index contributed by atoms with van der Waals surface area (Å²) in [6.45, 7) is 3.30. The average molecular weight is 269 g/mol. The first-order valence-corrected chi connectivity index (χ1v) is 7.79. The first-order chi connectivity index (χ1) is 9.25. The zero-order valence-corrected chi connectivity index (χ0v) is 11.9. The molecule has 1 atom stereocenters. The predicted molar refractivity (Wildman–Crippen MR) is 74.2 cm³/mol. The molecule has 1 N–H and O–H groups in total. The topological polar surface area (TPSA) is 49.8 Å². The molecule has 0 bridgehead atoms. The molecule has 4 nitrogen and oxygen atoms in total. The van der Waals surface area contributed by atoms with Crippen LogP contribution in [-0.4, -0.2) is 48.3 Å². The zero-order chi connectivity index (χ0) is 13.5. The fraction of sp³-hybridized carbons (Fsp3) is 0.933. The van der Waals surface area contributed by atoms with Crippen LogP contribution in [0.4, 0.5) is 0 Å². The summed E-state index contributed by atoms with van der Waals surface area (Å²) < 4.78 is 5.44. The minimum absolute atomic E-state index is 0.0803. The van der Waals surface area contributed by atoms with E-state index in [1.54, 1.807) is 0 Å². The second kappa shape index (κ2) is 7.85. The highest BCUT2D eigenvalue weighted by Gasteiger charge is 2.27. The highest BCUT2D eigenvalue weighted by molar-refractivity contribution is 5.67. The fourth-order valence-corrected chi connectivity index (χ4v) is 3.37. The number of hydrogen-bond acceptors (Lipinski definition) is 3. The van der Waals surface area contributed by atoms with Crippen molar-refractivity contribution in [2.24, 2.45) is 5.92 Å². The molecule has 2 rings (SSSR count). The minimum atomic E-state index is -0.710. The quantitative estimate of drug-likeness (QED) is 0.852. The summed E-state index contributed by atoms with van der Waals surface area (Å²) in [7, 11) is 0. The van der Waals surface area contributed by atoms with Gasteiger partial charge in [0.05, 0.1) is 19.6 Å². The molecule has 0 spiro atoms. The minimum Gasteiger partial charge on any atom is -0.481 e. The van der Waals surface area contributed by atoms with Gasteiger partial charge in [-0.3, -0.25) is 9.69 Å². The lowest BCUT2D eigenvalue weighted by molar-refractivity contribution is -0.140. The summed E-state index contributed by atoms with van der Waals surface area (Å²) in [4.78, 5) is 13.3. The van der Waals surface area contributed by atoms with Gasteiger partial charge in [-0.15, -0.1) is 0 Å². The lowest BCUT2D eigenvalue weighted by Crippen LogP contribution is -2.48. The Morgan fingerprint density at radius 1 is 1.16 bits per heavy atom. The summed E-state index contributed by atoms with van der Waals surface area (Å²) >= 11 is 0. The van der Waals surface area contributed by atoms with Gasteiger partial charge in [-0.25, -0.2) is 0 Å². The van der Waals surface area contributed by atoms with Crippen molar-refractivity contribution in [1.29, 1.82) is 0 Å². The van der Waals surface area contributed by atoms with E-state index in [1.165, 1.54) is 44.9 Å². The largest absolute Gasteiger partial charge is 0.481 e. The van der Waals surface area contributed by atoms with Gasteiger partial charge in [0.15, 0.2) is 0 Å². The second-order valence-corrected chi connectivity index (χ2v) is 6.03. The molecule has 1 saturated carbocycles. The molecular weight excluding hydrogens is 242 g/mol. The van der Waals surface area contributed by atoms with E-state index in [0.29, 0.717) is 6.61 Å². The second-order valence-electron chi connectivity index (χ2n) is 6.03. The number of carbonyl (C=O) groups is 1. The Hall–Kier alpha value is -0.610. The Labute approximate surface area is 116 Å². The predicted octanol–water partition coefficient (Wildman–Crippen LogP) is 2.52. The van der Waals surface area contributed by atoms with Gasteiger partial charge in [-0.1, -0.05) is 32.1 Å². The maximum absolute atomic E-state index is 10.9. The molecule has 0 aromatic rings. The van der Waals surface area contributed by atoms with Crippen molar-refractivity contribution in [3.05, 3.63) is 0 Å². The standard InChI is InChI=1S/C15H27NO3/c17-15(18)10-14-12-19-9-8-16(14)11-13-6-4-2-1-3-5-7-13/h13-14H,1-12H2,(H,17,18). The van der Waals surface area contributed by atoms with Gasteiger partial charge in [0.2, 0.25) is 0 Å². The van der Waals surface area contributed by atoms with Crippen LogP contribution in [0.5, 0.6) is 0 Å². The van der Waals surface area contributed by atoms with Crippen molar-refractivity contribution in [3.63, 3.8) is 0 Å². The number of hydrogen-bond donors (Lipinski definition) is 1. The van der Waals surface area contributed by atoms with Gasteiger partial charge in [0.25, 0.3) is 0 Å². The summed E-state index contributed by atoms with van der Waals surface area (Å²) in [5.74, 6) is 0.0489. The maximum Gasteiger partial charge on any atom is 0.305 e. The molecule has 0 aromatic carbocycles. The van der Waals surface area contributed by atoms with Crippen molar-refractivity contribution < 1.29 is 14.6 Å². The third kappa shape index (κ3) is 5.11. The van der Waals surface area contributed by atoms with Crippen LogP contribution >= 0.6 is 0 Å². The highest BCUT2D eigenvalue weighted by atomic mass is 16.5. The fourth-order valence-electron chi connectivity index (χ4n) is 3.37. The van der Waals surface area contributed by atoms with Crippen LogP contribution in [0.1, 0.15) is 51.4 Å². The van der Waals surface area contributed by atoms with Crippen LogP contribution in [0.2, 0.25) is 0 Å². The molecule has 1 aliphatic heterocycles. The summed E-state index contributed by atoms with van der Waals surface area (Å²) in [6.07, 6.45) is 9.68. The van der Waals surface area contributed by atoms with Crippen molar-refractivity contribution in [3.8, 4) is 0 Å². The molecule has 2 aliphatic rings. The van der Waals surface area contributed by atoms with Crippen molar-refractivity contribution >= 4 is 5.97 Å². The Morgan fingerprint density at radius 2 is 1.84 bits per heavy atom. The monoisotopic (exact) mass is 269 g/mol. The number of ether oxygens (including phenoxy) is 1. The van der Waals surface area contributed by atoms with E-state index in [4.69, 9.17) is 9.84 Å². The molecule has 0 amide bonds. The average Bonchev–Trinajstić information content (AvgIpc) is 2.34. The lowest BCUT2D eigenvalue weighted by Gasteiger charge is -2.37. The lowest BCUT2D eigenvalue weighted by atomic mass is 9.90. The first kappa shape index (κ1) is 14.8. The molecule has 1 saturated heterocycles. The van der Waals surface area contributed by atoms with Gasteiger partial charge in [0.1, 0.15) is 0 Å². The van der Waals surface area contributed by atoms with Gasteiger partial charge >= 0.3 is 5.97 Å². The number of aliphatic carboxylic acids is 1. The number of morpholine rings is 1. The molecule has 4 heteroatoms. The summed E-state index contributed by atoms with van der Waals surface area (Å²) in [5.41, 5.74) is 0. The van der Waals surface area contributed by atoms with Crippen LogP contribution in [0.3, 0.4) is 0 Å². The molecule has 1 unspecified atom stereocenters. The van der Waals surface area contributed by atoms with Crippen molar-refractivity contribution in [2.45, 2.75) is 57.4 Å². The van der Waals surface area contributed by atoms with Gasteiger partial charge in [0, 0.05) is 19.1 Å². The number of nitrogens with zero attached hydrogens (tertiary/aromatic N) is 1. The third-order valence-electron chi connectivity index (χ3n) is 4.48. The Morgan fingerprint density at radius 3 is 2.53 bits per heavy atom. The highest BCUT2D eigenvalue weighted by Crippen LogP contribution is 2.24. The molecule has 2 fully saturated rings. The van der Waals surface area contributed by atoms with E-state index >= 15 is 0 Å². The zero-order valence-electron chi connectivity index (χ0n) is 11.9. The van der Waals surface area contributed by atoms with E-state index in [0.717, 1.165) is 25.6 Å².